The molecule has 0 spiro atoms. The molecule has 0 aromatic heterocycles. The van der Waals surface area contributed by atoms with Gasteiger partial charge < -0.3 is 15.8 Å². The van der Waals surface area contributed by atoms with Crippen molar-refractivity contribution in [1.29, 1.82) is 0 Å². The van der Waals surface area contributed by atoms with Crippen molar-refractivity contribution in [2.45, 2.75) is 30.6 Å². The van der Waals surface area contributed by atoms with Gasteiger partial charge in [0.15, 0.2) is 0 Å². The number of thioether (sulfide) groups is 1. The number of ether oxygens (including phenoxy) is 1. The molecule has 1 atom stereocenters. The van der Waals surface area contributed by atoms with Gasteiger partial charge in [0.2, 0.25) is 5.91 Å². The first-order valence-corrected chi connectivity index (χ1v) is 6.98. The van der Waals surface area contributed by atoms with Gasteiger partial charge in [-0.1, -0.05) is 6.92 Å². The summed E-state index contributed by atoms with van der Waals surface area (Å²) in [6, 6.07) is 0. The Morgan fingerprint density at radius 3 is 2.62 bits per heavy atom. The smallest absolute Gasteiger partial charge is 0.238 e. The van der Waals surface area contributed by atoms with Gasteiger partial charge in [-0.25, -0.2) is 0 Å². The highest BCUT2D eigenvalue weighted by Gasteiger charge is 2.49. The van der Waals surface area contributed by atoms with Gasteiger partial charge in [0, 0.05) is 5.75 Å². The van der Waals surface area contributed by atoms with Gasteiger partial charge >= 0.3 is 0 Å². The quantitative estimate of drug-likeness (QED) is 0.679. The molecular formula is C11H20N2O2S. The van der Waals surface area contributed by atoms with E-state index in [0.29, 0.717) is 11.2 Å². The van der Waals surface area contributed by atoms with Gasteiger partial charge in [-0.15, -0.1) is 0 Å². The molecule has 0 aromatic carbocycles. The molecule has 0 radical (unpaired) electrons. The fourth-order valence-corrected chi connectivity index (χ4v) is 3.49. The van der Waals surface area contributed by atoms with E-state index in [1.54, 1.807) is 0 Å². The average molecular weight is 244 g/mol. The van der Waals surface area contributed by atoms with E-state index in [-0.39, 0.29) is 5.91 Å². The SMILES string of the molecule is CCNC(CSC1COC1)(C(N)=O)C1CC1. The molecule has 1 amide bonds. The molecule has 0 aromatic rings. The number of hydrogen-bond acceptors (Lipinski definition) is 4. The van der Waals surface area contributed by atoms with Crippen LogP contribution in [0.1, 0.15) is 19.8 Å². The van der Waals surface area contributed by atoms with Crippen LogP contribution in [0.15, 0.2) is 0 Å². The summed E-state index contributed by atoms with van der Waals surface area (Å²) in [6.45, 7) is 4.45. The molecule has 2 rings (SSSR count). The van der Waals surface area contributed by atoms with Gasteiger partial charge in [-0.05, 0) is 25.3 Å². The molecule has 92 valence electrons. The van der Waals surface area contributed by atoms with Gasteiger partial charge in [0.1, 0.15) is 5.54 Å². The molecule has 1 aliphatic heterocycles. The first kappa shape index (κ1) is 12.2. The summed E-state index contributed by atoms with van der Waals surface area (Å²) in [7, 11) is 0. The molecular weight excluding hydrogens is 224 g/mol. The number of hydrogen-bond donors (Lipinski definition) is 2. The Bertz CT molecular complexity index is 267. The second-order valence-electron chi connectivity index (χ2n) is 4.61. The highest BCUT2D eigenvalue weighted by atomic mass is 32.2. The van der Waals surface area contributed by atoms with E-state index in [1.807, 2.05) is 18.7 Å². The molecule has 5 heteroatoms. The van der Waals surface area contributed by atoms with E-state index < -0.39 is 5.54 Å². The molecule has 2 fully saturated rings. The van der Waals surface area contributed by atoms with Crippen LogP contribution in [0, 0.1) is 5.92 Å². The van der Waals surface area contributed by atoms with Crippen LogP contribution in [0.5, 0.6) is 0 Å². The topological polar surface area (TPSA) is 64.3 Å². The molecule has 0 bridgehead atoms. The second kappa shape index (κ2) is 4.94. The Hall–Kier alpha value is -0.260. The summed E-state index contributed by atoms with van der Waals surface area (Å²) in [4.78, 5) is 11.7. The highest BCUT2D eigenvalue weighted by molar-refractivity contribution is 8.00. The number of nitrogens with two attached hydrogens (primary N) is 1. The summed E-state index contributed by atoms with van der Waals surface area (Å²) in [6.07, 6.45) is 2.25. The van der Waals surface area contributed by atoms with E-state index in [9.17, 15) is 4.79 Å². The molecule has 1 aliphatic carbocycles. The zero-order valence-electron chi connectivity index (χ0n) is 9.70. The van der Waals surface area contributed by atoms with Crippen molar-refractivity contribution in [3.63, 3.8) is 0 Å². The molecule has 16 heavy (non-hydrogen) atoms. The summed E-state index contributed by atoms with van der Waals surface area (Å²) in [5.74, 6) is 1.04. The molecule has 4 nitrogen and oxygen atoms in total. The third-order valence-electron chi connectivity index (χ3n) is 3.36. The summed E-state index contributed by atoms with van der Waals surface area (Å²) in [5.41, 5.74) is 5.12. The van der Waals surface area contributed by atoms with Gasteiger partial charge in [-0.2, -0.15) is 11.8 Å². The normalized spacial score (nSPS) is 24.8. The zero-order chi connectivity index (χ0) is 11.6. The van der Waals surface area contributed by atoms with Crippen molar-refractivity contribution in [3.05, 3.63) is 0 Å². The zero-order valence-corrected chi connectivity index (χ0v) is 10.5. The predicted octanol–water partition coefficient (Wildman–Crippen LogP) is 0.362. The maximum absolute atomic E-state index is 11.7. The number of rotatable bonds is 7. The van der Waals surface area contributed by atoms with Crippen molar-refractivity contribution < 1.29 is 9.53 Å². The molecule has 1 unspecified atom stereocenters. The first-order chi connectivity index (χ1) is 7.69. The number of carbonyl (C=O) groups excluding carboxylic acids is 1. The lowest BCUT2D eigenvalue weighted by atomic mass is 9.94. The third kappa shape index (κ3) is 2.36. The molecule has 2 aliphatic rings. The van der Waals surface area contributed by atoms with Gasteiger partial charge in [0.25, 0.3) is 0 Å². The van der Waals surface area contributed by atoms with E-state index in [4.69, 9.17) is 10.5 Å². The van der Waals surface area contributed by atoms with Crippen LogP contribution in [-0.4, -0.2) is 42.2 Å². The van der Waals surface area contributed by atoms with Crippen LogP contribution in [0.25, 0.3) is 0 Å². The van der Waals surface area contributed by atoms with Gasteiger partial charge in [0.05, 0.1) is 18.5 Å². The van der Waals surface area contributed by atoms with Crippen LogP contribution in [0.2, 0.25) is 0 Å². The Morgan fingerprint density at radius 1 is 1.56 bits per heavy atom. The summed E-state index contributed by atoms with van der Waals surface area (Å²) >= 11 is 1.82. The number of nitrogens with one attached hydrogen (secondary N) is 1. The summed E-state index contributed by atoms with van der Waals surface area (Å²) < 4.78 is 5.14. The maximum atomic E-state index is 11.7. The second-order valence-corrected chi connectivity index (χ2v) is 5.90. The lowest BCUT2D eigenvalue weighted by Gasteiger charge is -2.34. The molecule has 1 saturated heterocycles. The lowest BCUT2D eigenvalue weighted by molar-refractivity contribution is -0.124. The molecule has 1 heterocycles. The minimum absolute atomic E-state index is 0.190. The van der Waals surface area contributed by atoms with Crippen molar-refractivity contribution in [3.8, 4) is 0 Å². The number of amides is 1. The molecule has 1 saturated carbocycles. The Kier molecular flexibility index (Phi) is 3.77. The fraction of sp³-hybridized carbons (Fsp3) is 0.909. The third-order valence-corrected chi connectivity index (χ3v) is 4.73. The van der Waals surface area contributed by atoms with E-state index >= 15 is 0 Å². The predicted molar refractivity (Wildman–Crippen MR) is 65.4 cm³/mol. The number of likely N-dealkylation sites (N-methyl/N-ethyl adjacent to an activating group) is 1. The Labute approximate surface area is 101 Å². The minimum atomic E-state index is -0.477. The van der Waals surface area contributed by atoms with Crippen LogP contribution >= 0.6 is 11.8 Å². The minimum Gasteiger partial charge on any atom is -0.379 e. The standard InChI is InChI=1S/C11H20N2O2S/c1-2-13-11(10(12)14,8-3-4-8)7-16-9-5-15-6-9/h8-9,13H,2-7H2,1H3,(H2,12,14). The fourth-order valence-electron chi connectivity index (χ4n) is 2.12. The van der Waals surface area contributed by atoms with E-state index in [0.717, 1.165) is 38.4 Å². The van der Waals surface area contributed by atoms with Crippen molar-refractivity contribution in [1.82, 2.24) is 5.32 Å². The number of carbonyl (C=O) groups is 1. The largest absolute Gasteiger partial charge is 0.379 e. The average Bonchev–Trinajstić information content (AvgIpc) is 2.96. The Morgan fingerprint density at radius 2 is 2.25 bits per heavy atom. The lowest BCUT2D eigenvalue weighted by Crippen LogP contribution is -2.59. The van der Waals surface area contributed by atoms with Crippen LogP contribution in [0.3, 0.4) is 0 Å². The summed E-state index contributed by atoms with van der Waals surface area (Å²) in [5, 5.41) is 3.88. The van der Waals surface area contributed by atoms with Crippen LogP contribution < -0.4 is 11.1 Å². The van der Waals surface area contributed by atoms with Crippen molar-refractivity contribution in [2.75, 3.05) is 25.5 Å². The first-order valence-electron chi connectivity index (χ1n) is 5.93. The highest BCUT2D eigenvalue weighted by Crippen LogP contribution is 2.42. The van der Waals surface area contributed by atoms with Gasteiger partial charge in [-0.3, -0.25) is 4.79 Å². The van der Waals surface area contributed by atoms with E-state index in [2.05, 4.69) is 5.32 Å². The number of primary amides is 1. The van der Waals surface area contributed by atoms with Crippen molar-refractivity contribution in [2.24, 2.45) is 11.7 Å². The Balaban J connectivity index is 1.95. The van der Waals surface area contributed by atoms with Crippen LogP contribution in [0.4, 0.5) is 0 Å². The maximum Gasteiger partial charge on any atom is 0.238 e. The van der Waals surface area contributed by atoms with Crippen LogP contribution in [-0.2, 0) is 9.53 Å². The van der Waals surface area contributed by atoms with Crippen molar-refractivity contribution >= 4 is 17.7 Å². The monoisotopic (exact) mass is 244 g/mol. The van der Waals surface area contributed by atoms with E-state index in [1.165, 1.54) is 0 Å². The molecule has 3 N–H and O–H groups in total.